The van der Waals surface area contributed by atoms with Gasteiger partial charge in [-0.1, -0.05) is 12.1 Å². The van der Waals surface area contributed by atoms with Crippen LogP contribution in [0.15, 0.2) is 47.4 Å². The summed E-state index contributed by atoms with van der Waals surface area (Å²) in [4.78, 5) is 25.6. The maximum Gasteiger partial charge on any atom is 0.258 e. The molecular formula is C16H19N3O2. The van der Waals surface area contributed by atoms with Crippen molar-refractivity contribution in [3.63, 3.8) is 0 Å². The van der Waals surface area contributed by atoms with Crippen molar-refractivity contribution in [2.24, 2.45) is 5.73 Å². The first-order valence-corrected chi connectivity index (χ1v) is 6.73. The lowest BCUT2D eigenvalue weighted by Gasteiger charge is -2.12. The Morgan fingerprint density at radius 2 is 1.86 bits per heavy atom. The third-order valence-corrected chi connectivity index (χ3v) is 3.29. The fourth-order valence-electron chi connectivity index (χ4n) is 2.05. The van der Waals surface area contributed by atoms with Crippen LogP contribution in [0.25, 0.3) is 11.1 Å². The van der Waals surface area contributed by atoms with Crippen LogP contribution in [0.1, 0.15) is 10.4 Å². The molecule has 5 nitrogen and oxygen atoms in total. The second-order valence-electron chi connectivity index (χ2n) is 5.17. The fourth-order valence-corrected chi connectivity index (χ4v) is 2.05. The molecule has 1 aromatic heterocycles. The van der Waals surface area contributed by atoms with E-state index < -0.39 is 5.91 Å². The summed E-state index contributed by atoms with van der Waals surface area (Å²) < 4.78 is 1.69. The van der Waals surface area contributed by atoms with E-state index in [1.54, 1.807) is 41.1 Å². The molecule has 0 aliphatic heterocycles. The third-order valence-electron chi connectivity index (χ3n) is 3.29. The minimum atomic E-state index is -0.474. The smallest absolute Gasteiger partial charge is 0.258 e. The molecule has 0 saturated carbocycles. The van der Waals surface area contributed by atoms with Gasteiger partial charge in [-0.2, -0.15) is 0 Å². The molecule has 0 saturated heterocycles. The normalized spacial score (nSPS) is 10.8. The zero-order valence-corrected chi connectivity index (χ0v) is 12.2. The van der Waals surface area contributed by atoms with E-state index in [2.05, 4.69) is 0 Å². The molecule has 1 aromatic carbocycles. The third kappa shape index (κ3) is 3.58. The van der Waals surface area contributed by atoms with Crippen LogP contribution in [0.5, 0.6) is 0 Å². The molecule has 0 aliphatic carbocycles. The van der Waals surface area contributed by atoms with Crippen molar-refractivity contribution in [1.82, 2.24) is 9.47 Å². The number of pyridine rings is 1. The highest BCUT2D eigenvalue weighted by molar-refractivity contribution is 5.93. The van der Waals surface area contributed by atoms with Crippen LogP contribution < -0.4 is 11.3 Å². The van der Waals surface area contributed by atoms with E-state index in [9.17, 15) is 9.59 Å². The van der Waals surface area contributed by atoms with Gasteiger partial charge in [0.15, 0.2) is 0 Å². The van der Waals surface area contributed by atoms with Crippen molar-refractivity contribution < 1.29 is 4.79 Å². The topological polar surface area (TPSA) is 68.3 Å². The zero-order valence-electron chi connectivity index (χ0n) is 12.2. The Morgan fingerprint density at radius 1 is 1.19 bits per heavy atom. The quantitative estimate of drug-likeness (QED) is 0.897. The van der Waals surface area contributed by atoms with Crippen LogP contribution in [0.4, 0.5) is 0 Å². The number of primary amides is 1. The molecule has 1 heterocycles. The van der Waals surface area contributed by atoms with Crippen LogP contribution in [0, 0.1) is 0 Å². The molecule has 2 N–H and O–H groups in total. The van der Waals surface area contributed by atoms with E-state index in [1.165, 1.54) is 0 Å². The maximum absolute atomic E-state index is 12.5. The molecule has 1 amide bonds. The summed E-state index contributed by atoms with van der Waals surface area (Å²) in [5.74, 6) is -0.474. The number of nitrogens with two attached hydrogens (primary N) is 1. The monoisotopic (exact) mass is 285 g/mol. The number of nitrogens with zero attached hydrogens (tertiary/aromatic N) is 2. The summed E-state index contributed by atoms with van der Waals surface area (Å²) in [5.41, 5.74) is 7.01. The molecular weight excluding hydrogens is 266 g/mol. The van der Waals surface area contributed by atoms with Gasteiger partial charge in [-0.25, -0.2) is 0 Å². The number of hydrogen-bond donors (Lipinski definition) is 1. The van der Waals surface area contributed by atoms with Crippen LogP contribution in [0.3, 0.4) is 0 Å². The Bertz CT molecular complexity index is 687. The van der Waals surface area contributed by atoms with E-state index in [0.717, 1.165) is 12.1 Å². The van der Waals surface area contributed by atoms with Crippen LogP contribution in [-0.4, -0.2) is 36.0 Å². The Morgan fingerprint density at radius 3 is 2.43 bits per heavy atom. The largest absolute Gasteiger partial charge is 0.366 e. The number of carbonyl (C=O) groups is 1. The number of likely N-dealkylation sites (N-methyl/N-ethyl adjacent to an activating group) is 1. The Hall–Kier alpha value is -2.40. The van der Waals surface area contributed by atoms with Crippen molar-refractivity contribution in [3.05, 3.63) is 58.5 Å². The Labute approximate surface area is 123 Å². The standard InChI is InChI=1S/C16H19N3O2/c1-18(2)10-11-19-9-3-4-14(16(19)21)12-5-7-13(8-6-12)15(17)20/h3-9H,10-11H2,1-2H3,(H2,17,20). The molecule has 0 fully saturated rings. The van der Waals surface area contributed by atoms with Crippen molar-refractivity contribution in [2.45, 2.75) is 6.54 Å². The van der Waals surface area contributed by atoms with Crippen molar-refractivity contribution in [1.29, 1.82) is 0 Å². The summed E-state index contributed by atoms with van der Waals surface area (Å²) in [5, 5.41) is 0. The lowest BCUT2D eigenvalue weighted by Crippen LogP contribution is -2.26. The molecule has 2 aromatic rings. The molecule has 0 spiro atoms. The predicted octanol–water partition coefficient (Wildman–Crippen LogP) is 1.18. The summed E-state index contributed by atoms with van der Waals surface area (Å²) in [6.45, 7) is 1.43. The summed E-state index contributed by atoms with van der Waals surface area (Å²) in [7, 11) is 3.94. The van der Waals surface area contributed by atoms with Gasteiger partial charge in [-0.05, 0) is 43.9 Å². The molecule has 2 rings (SSSR count). The van der Waals surface area contributed by atoms with Gasteiger partial charge in [0.05, 0.1) is 0 Å². The SMILES string of the molecule is CN(C)CCn1cccc(-c2ccc(C(N)=O)cc2)c1=O. The van der Waals surface area contributed by atoms with E-state index in [4.69, 9.17) is 5.73 Å². The van der Waals surface area contributed by atoms with Crippen molar-refractivity contribution >= 4 is 5.91 Å². The second kappa shape index (κ2) is 6.37. The van der Waals surface area contributed by atoms with Crippen LogP contribution in [0.2, 0.25) is 0 Å². The molecule has 5 heteroatoms. The van der Waals surface area contributed by atoms with Gasteiger partial charge < -0.3 is 15.2 Å². The summed E-state index contributed by atoms with van der Waals surface area (Å²) in [6, 6.07) is 10.4. The van der Waals surface area contributed by atoms with E-state index >= 15 is 0 Å². The van der Waals surface area contributed by atoms with Gasteiger partial charge in [0.25, 0.3) is 5.56 Å². The second-order valence-corrected chi connectivity index (χ2v) is 5.17. The number of amides is 1. The van der Waals surface area contributed by atoms with E-state index in [1.807, 2.05) is 25.1 Å². The van der Waals surface area contributed by atoms with Gasteiger partial charge in [0.2, 0.25) is 5.91 Å². The van der Waals surface area contributed by atoms with Crippen LogP contribution in [-0.2, 0) is 6.54 Å². The van der Waals surface area contributed by atoms with Crippen LogP contribution >= 0.6 is 0 Å². The Kier molecular flexibility index (Phi) is 4.55. The van der Waals surface area contributed by atoms with Gasteiger partial charge in [-0.3, -0.25) is 9.59 Å². The van der Waals surface area contributed by atoms with E-state index in [-0.39, 0.29) is 5.56 Å². The van der Waals surface area contributed by atoms with Crippen molar-refractivity contribution in [3.8, 4) is 11.1 Å². The average Bonchev–Trinajstić information content (AvgIpc) is 2.46. The fraction of sp³-hybridized carbons (Fsp3) is 0.250. The maximum atomic E-state index is 12.5. The number of hydrogen-bond acceptors (Lipinski definition) is 3. The van der Waals surface area contributed by atoms with Gasteiger partial charge in [-0.15, -0.1) is 0 Å². The summed E-state index contributed by atoms with van der Waals surface area (Å²) >= 11 is 0. The number of rotatable bonds is 5. The van der Waals surface area contributed by atoms with Crippen molar-refractivity contribution in [2.75, 3.05) is 20.6 Å². The van der Waals surface area contributed by atoms with Gasteiger partial charge in [0, 0.05) is 30.4 Å². The van der Waals surface area contributed by atoms with Gasteiger partial charge in [0.1, 0.15) is 0 Å². The predicted molar refractivity (Wildman–Crippen MR) is 83.2 cm³/mol. The average molecular weight is 285 g/mol. The minimum absolute atomic E-state index is 0.0359. The number of carbonyl (C=O) groups excluding carboxylic acids is 1. The highest BCUT2D eigenvalue weighted by Gasteiger charge is 2.07. The lowest BCUT2D eigenvalue weighted by atomic mass is 10.1. The molecule has 0 radical (unpaired) electrons. The molecule has 0 atom stereocenters. The Balaban J connectivity index is 2.33. The summed E-state index contributed by atoms with van der Waals surface area (Å²) in [6.07, 6.45) is 1.78. The van der Waals surface area contributed by atoms with Gasteiger partial charge >= 0.3 is 0 Å². The molecule has 0 aliphatic rings. The minimum Gasteiger partial charge on any atom is -0.366 e. The van der Waals surface area contributed by atoms with E-state index in [0.29, 0.717) is 17.7 Å². The lowest BCUT2D eigenvalue weighted by molar-refractivity contribution is 0.100. The number of aromatic nitrogens is 1. The molecule has 0 unspecified atom stereocenters. The molecule has 0 bridgehead atoms. The highest BCUT2D eigenvalue weighted by atomic mass is 16.1. The first-order chi connectivity index (χ1) is 9.99. The number of benzene rings is 1. The molecule has 21 heavy (non-hydrogen) atoms. The zero-order chi connectivity index (χ0) is 15.4. The molecule has 110 valence electrons. The first-order valence-electron chi connectivity index (χ1n) is 6.73. The first kappa shape index (κ1) is 15.0. The highest BCUT2D eigenvalue weighted by Crippen LogP contribution is 2.15.